The number of nitro groups is 1. The minimum atomic E-state index is -0.508. The van der Waals surface area contributed by atoms with Crippen LogP contribution in [0.5, 0.6) is 11.5 Å². The lowest BCUT2D eigenvalue weighted by atomic mass is 9.96. The molecular weight excluding hydrogens is 615 g/mol. The normalized spacial score (nSPS) is 11.4. The zero-order chi connectivity index (χ0) is 32.2. The Bertz CT molecular complexity index is 2010. The summed E-state index contributed by atoms with van der Waals surface area (Å²) in [6.45, 7) is 8.62. The highest BCUT2D eigenvalue weighted by atomic mass is 35.5. The van der Waals surface area contributed by atoms with E-state index in [2.05, 4.69) is 18.9 Å². The van der Waals surface area contributed by atoms with Gasteiger partial charge in [-0.25, -0.2) is 4.98 Å². The lowest BCUT2D eigenvalue weighted by Gasteiger charge is -2.18. The van der Waals surface area contributed by atoms with Crippen molar-refractivity contribution in [2.24, 2.45) is 5.10 Å². The first-order chi connectivity index (χ1) is 21.6. The highest BCUT2D eigenvalue weighted by Crippen LogP contribution is 2.34. The van der Waals surface area contributed by atoms with Crippen molar-refractivity contribution in [3.05, 3.63) is 126 Å². The van der Waals surface area contributed by atoms with Crippen LogP contribution in [0.15, 0.2) is 82.7 Å². The number of hydrogen-bond acceptors (Lipinski definition) is 7. The van der Waals surface area contributed by atoms with E-state index in [9.17, 15) is 14.9 Å². The summed E-state index contributed by atoms with van der Waals surface area (Å²) in [5.74, 6) is 1.54. The van der Waals surface area contributed by atoms with Crippen LogP contribution in [0.4, 0.5) is 5.69 Å². The number of aromatic nitrogens is 2. The van der Waals surface area contributed by atoms with Gasteiger partial charge in [0.15, 0.2) is 5.82 Å². The maximum atomic E-state index is 13.9. The van der Waals surface area contributed by atoms with Crippen LogP contribution in [0.1, 0.15) is 48.9 Å². The van der Waals surface area contributed by atoms with Crippen LogP contribution in [0, 0.1) is 17.0 Å². The molecule has 5 aromatic rings. The van der Waals surface area contributed by atoms with Crippen LogP contribution in [0.25, 0.3) is 22.3 Å². The number of ether oxygens (including phenoxy) is 2. The number of halogens is 2. The van der Waals surface area contributed by atoms with E-state index in [0.29, 0.717) is 50.3 Å². The molecule has 0 aliphatic heterocycles. The lowest BCUT2D eigenvalue weighted by molar-refractivity contribution is -0.384. The maximum absolute atomic E-state index is 13.9. The summed E-state index contributed by atoms with van der Waals surface area (Å²) in [4.78, 5) is 29.9. The molecule has 230 valence electrons. The Morgan fingerprint density at radius 2 is 1.78 bits per heavy atom. The average Bonchev–Trinajstić information content (AvgIpc) is 3.01. The topological polar surface area (TPSA) is 109 Å². The third kappa shape index (κ3) is 6.84. The third-order valence-corrected chi connectivity index (χ3v) is 7.91. The standard InChI is InChI=1S/C34H30Cl2N4O5/c1-5-44-32-14-21(4)27(17-26(32)20(2)3)33-38-30-9-7-6-8-25(30)34(41)39(33)37-18-23-16-24(40(42)43)11-13-31(23)45-19-22-10-12-28(35)29(36)15-22/h6-18,20H,5,19H2,1-4H3. The molecule has 11 heteroatoms. The highest BCUT2D eigenvalue weighted by molar-refractivity contribution is 6.42. The number of para-hydroxylation sites is 1. The van der Waals surface area contributed by atoms with Gasteiger partial charge in [-0.15, -0.1) is 0 Å². The SMILES string of the molecule is CCOc1cc(C)c(-c2nc3ccccc3c(=O)n2N=Cc2cc([N+](=O)[O-])ccc2OCc2ccc(Cl)c(Cl)c2)cc1C(C)C. The fraction of sp³-hybridized carbons (Fsp3) is 0.206. The number of benzene rings is 4. The van der Waals surface area contributed by atoms with E-state index in [-0.39, 0.29) is 18.2 Å². The summed E-state index contributed by atoms with van der Waals surface area (Å²) in [5, 5.41) is 17.4. The van der Waals surface area contributed by atoms with E-state index >= 15 is 0 Å². The van der Waals surface area contributed by atoms with Crippen LogP contribution in [-0.4, -0.2) is 27.4 Å². The highest BCUT2D eigenvalue weighted by Gasteiger charge is 2.19. The molecule has 0 saturated heterocycles. The van der Waals surface area contributed by atoms with Crippen LogP contribution in [0.2, 0.25) is 10.0 Å². The molecule has 0 radical (unpaired) electrons. The molecule has 0 unspecified atom stereocenters. The number of hydrogen-bond donors (Lipinski definition) is 0. The Hall–Kier alpha value is -4.73. The summed E-state index contributed by atoms with van der Waals surface area (Å²) in [6.07, 6.45) is 1.37. The molecule has 0 amide bonds. The minimum absolute atomic E-state index is 0.113. The summed E-state index contributed by atoms with van der Waals surface area (Å²) >= 11 is 12.2. The van der Waals surface area contributed by atoms with Gasteiger partial charge in [-0.3, -0.25) is 14.9 Å². The zero-order valence-corrected chi connectivity index (χ0v) is 26.6. The number of non-ortho nitro benzene ring substituents is 1. The van der Waals surface area contributed by atoms with E-state index in [4.69, 9.17) is 37.7 Å². The largest absolute Gasteiger partial charge is 0.494 e. The van der Waals surface area contributed by atoms with Gasteiger partial charge in [0.2, 0.25) is 0 Å². The van der Waals surface area contributed by atoms with Crippen molar-refractivity contribution < 1.29 is 14.4 Å². The van der Waals surface area contributed by atoms with Gasteiger partial charge >= 0.3 is 0 Å². The molecule has 9 nitrogen and oxygen atoms in total. The number of rotatable bonds is 10. The van der Waals surface area contributed by atoms with Crippen LogP contribution in [0.3, 0.4) is 0 Å². The van der Waals surface area contributed by atoms with Crippen molar-refractivity contribution >= 4 is 46.0 Å². The number of nitro benzene ring substituents is 1. The molecule has 45 heavy (non-hydrogen) atoms. The molecule has 0 saturated carbocycles. The van der Waals surface area contributed by atoms with Gasteiger partial charge in [-0.1, -0.05) is 55.2 Å². The molecule has 0 atom stereocenters. The molecule has 5 rings (SSSR count). The quantitative estimate of drug-likeness (QED) is 0.0855. The van der Waals surface area contributed by atoms with Crippen molar-refractivity contribution in [3.63, 3.8) is 0 Å². The summed E-state index contributed by atoms with van der Waals surface area (Å²) in [7, 11) is 0. The molecule has 0 aliphatic carbocycles. The Balaban J connectivity index is 1.65. The molecule has 0 aliphatic rings. The smallest absolute Gasteiger partial charge is 0.282 e. The molecule has 4 aromatic carbocycles. The first-order valence-corrected chi connectivity index (χ1v) is 15.0. The minimum Gasteiger partial charge on any atom is -0.494 e. The predicted molar refractivity (Wildman–Crippen MR) is 178 cm³/mol. The van der Waals surface area contributed by atoms with Crippen molar-refractivity contribution in [2.75, 3.05) is 6.61 Å². The molecular formula is C34H30Cl2N4O5. The van der Waals surface area contributed by atoms with Crippen molar-refractivity contribution in [3.8, 4) is 22.9 Å². The fourth-order valence-electron chi connectivity index (χ4n) is 4.87. The van der Waals surface area contributed by atoms with Gasteiger partial charge in [0.1, 0.15) is 18.1 Å². The van der Waals surface area contributed by atoms with Gasteiger partial charge in [-0.2, -0.15) is 9.78 Å². The summed E-state index contributed by atoms with van der Waals surface area (Å²) in [5.41, 5.74) is 3.52. The monoisotopic (exact) mass is 644 g/mol. The Labute approximate surface area is 269 Å². The Morgan fingerprint density at radius 3 is 2.49 bits per heavy atom. The first-order valence-electron chi connectivity index (χ1n) is 14.3. The van der Waals surface area contributed by atoms with Crippen molar-refractivity contribution in [2.45, 2.75) is 40.2 Å². The van der Waals surface area contributed by atoms with Gasteiger partial charge in [0.05, 0.1) is 38.7 Å². The molecule has 1 aromatic heterocycles. The van der Waals surface area contributed by atoms with Gasteiger partial charge in [-0.05, 0) is 78.9 Å². The third-order valence-electron chi connectivity index (χ3n) is 7.17. The molecule has 1 heterocycles. The Kier molecular flexibility index (Phi) is 9.51. The maximum Gasteiger partial charge on any atom is 0.282 e. The van der Waals surface area contributed by atoms with E-state index < -0.39 is 10.5 Å². The lowest BCUT2D eigenvalue weighted by Crippen LogP contribution is -2.21. The van der Waals surface area contributed by atoms with E-state index in [1.54, 1.807) is 36.4 Å². The first kappa shape index (κ1) is 31.7. The summed E-state index contributed by atoms with van der Waals surface area (Å²) in [6, 6.07) is 20.2. The van der Waals surface area contributed by atoms with Crippen LogP contribution < -0.4 is 15.0 Å². The second kappa shape index (κ2) is 13.5. The molecule has 0 bridgehead atoms. The summed E-state index contributed by atoms with van der Waals surface area (Å²) < 4.78 is 13.1. The van der Waals surface area contributed by atoms with E-state index in [1.165, 1.54) is 29.1 Å². The van der Waals surface area contributed by atoms with Gasteiger partial charge < -0.3 is 9.47 Å². The fourth-order valence-corrected chi connectivity index (χ4v) is 5.19. The number of fused-ring (bicyclic) bond motifs is 1. The predicted octanol–water partition coefficient (Wildman–Crippen LogP) is 8.57. The number of aryl methyl sites for hydroxylation is 1. The number of nitrogens with zero attached hydrogens (tertiary/aromatic N) is 4. The van der Waals surface area contributed by atoms with E-state index in [0.717, 1.165) is 22.4 Å². The van der Waals surface area contributed by atoms with Gasteiger partial charge in [0, 0.05) is 23.3 Å². The molecule has 0 N–H and O–H groups in total. The average molecular weight is 646 g/mol. The van der Waals surface area contributed by atoms with Crippen molar-refractivity contribution in [1.29, 1.82) is 0 Å². The van der Waals surface area contributed by atoms with Gasteiger partial charge in [0.25, 0.3) is 11.2 Å². The second-order valence-electron chi connectivity index (χ2n) is 10.6. The van der Waals surface area contributed by atoms with Crippen LogP contribution in [-0.2, 0) is 6.61 Å². The second-order valence-corrected chi connectivity index (χ2v) is 11.4. The molecule has 0 fully saturated rings. The molecule has 0 spiro atoms. The van der Waals surface area contributed by atoms with Crippen LogP contribution >= 0.6 is 23.2 Å². The van der Waals surface area contributed by atoms with Crippen molar-refractivity contribution in [1.82, 2.24) is 9.66 Å². The zero-order valence-electron chi connectivity index (χ0n) is 25.1. The Morgan fingerprint density at radius 1 is 1.00 bits per heavy atom. The van der Waals surface area contributed by atoms with E-state index in [1.807, 2.05) is 32.0 Å².